The van der Waals surface area contributed by atoms with Crippen LogP contribution in [0, 0.1) is 0 Å². The third-order valence-electron chi connectivity index (χ3n) is 4.36. The van der Waals surface area contributed by atoms with Crippen molar-refractivity contribution in [3.8, 4) is 11.3 Å². The lowest BCUT2D eigenvalue weighted by Crippen LogP contribution is -2.45. The number of hydrogen-bond acceptors (Lipinski definition) is 5. The molecule has 1 saturated heterocycles. The Morgan fingerprint density at radius 1 is 1.17 bits per heavy atom. The van der Waals surface area contributed by atoms with Crippen LogP contribution in [0.25, 0.3) is 11.3 Å². The molecule has 4 rings (SSSR count). The highest BCUT2D eigenvalue weighted by Gasteiger charge is 2.21. The first-order valence-electron chi connectivity index (χ1n) is 8.25. The minimum atomic E-state index is 0.362. The number of piperazine rings is 1. The van der Waals surface area contributed by atoms with Gasteiger partial charge in [0, 0.05) is 49.7 Å². The zero-order valence-corrected chi connectivity index (χ0v) is 13.4. The summed E-state index contributed by atoms with van der Waals surface area (Å²) in [6.07, 6.45) is 3.56. The van der Waals surface area contributed by atoms with Crippen LogP contribution in [-0.2, 0) is 6.54 Å². The Morgan fingerprint density at radius 2 is 2.08 bits per heavy atom. The molecule has 3 aromatic rings. The summed E-state index contributed by atoms with van der Waals surface area (Å²) in [7, 11) is 0. The van der Waals surface area contributed by atoms with Crippen molar-refractivity contribution in [2.75, 3.05) is 19.6 Å². The molecule has 1 fully saturated rings. The van der Waals surface area contributed by atoms with Crippen molar-refractivity contribution in [3.63, 3.8) is 0 Å². The van der Waals surface area contributed by atoms with Gasteiger partial charge in [0.15, 0.2) is 5.76 Å². The van der Waals surface area contributed by atoms with Crippen LogP contribution < -0.4 is 5.32 Å². The molecule has 0 radical (unpaired) electrons. The molecule has 3 heterocycles. The predicted octanol–water partition coefficient (Wildman–Crippen LogP) is 2.88. The van der Waals surface area contributed by atoms with E-state index < -0.39 is 0 Å². The van der Waals surface area contributed by atoms with Gasteiger partial charge in [0.05, 0.1) is 6.54 Å². The van der Waals surface area contributed by atoms with E-state index in [9.17, 15) is 0 Å². The topological polar surface area (TPSA) is 54.2 Å². The number of rotatable bonds is 4. The third-order valence-corrected chi connectivity index (χ3v) is 4.36. The minimum Gasteiger partial charge on any atom is -0.359 e. The standard InChI is InChI=1S/C19H20N4O/c1-2-5-15(6-3-1)19-14-23(10-9-21-19)13-17-11-18(22-24-17)16-7-4-8-20-12-16/h1-8,11-12,19,21H,9-10,13-14H2. The lowest BCUT2D eigenvalue weighted by atomic mass is 10.0. The summed E-state index contributed by atoms with van der Waals surface area (Å²) in [5.41, 5.74) is 3.15. The molecule has 1 unspecified atom stereocenters. The first-order valence-corrected chi connectivity index (χ1v) is 8.25. The van der Waals surface area contributed by atoms with E-state index in [1.165, 1.54) is 5.56 Å². The Kier molecular flexibility index (Phi) is 4.36. The van der Waals surface area contributed by atoms with Crippen LogP contribution in [0.2, 0.25) is 0 Å². The number of benzene rings is 1. The van der Waals surface area contributed by atoms with Crippen molar-refractivity contribution >= 4 is 0 Å². The number of nitrogens with zero attached hydrogens (tertiary/aromatic N) is 3. The summed E-state index contributed by atoms with van der Waals surface area (Å²) in [5.74, 6) is 0.891. The fourth-order valence-electron chi connectivity index (χ4n) is 3.12. The SMILES string of the molecule is c1ccc(C2CN(Cc3cc(-c4cccnc4)no3)CCN2)cc1. The summed E-state index contributed by atoms with van der Waals surface area (Å²) < 4.78 is 5.52. The quantitative estimate of drug-likeness (QED) is 0.801. The molecule has 1 atom stereocenters. The first-order chi connectivity index (χ1) is 11.9. The van der Waals surface area contributed by atoms with E-state index in [4.69, 9.17) is 4.52 Å². The third kappa shape index (κ3) is 3.37. The smallest absolute Gasteiger partial charge is 0.151 e. The minimum absolute atomic E-state index is 0.362. The Hall–Kier alpha value is -2.50. The van der Waals surface area contributed by atoms with Gasteiger partial charge in [-0.2, -0.15) is 0 Å². The van der Waals surface area contributed by atoms with Crippen molar-refractivity contribution in [2.45, 2.75) is 12.6 Å². The van der Waals surface area contributed by atoms with Crippen LogP contribution in [0.5, 0.6) is 0 Å². The summed E-state index contributed by atoms with van der Waals surface area (Å²) in [4.78, 5) is 6.53. The fourth-order valence-corrected chi connectivity index (χ4v) is 3.12. The Bertz CT molecular complexity index is 772. The van der Waals surface area contributed by atoms with Crippen LogP contribution in [0.4, 0.5) is 0 Å². The van der Waals surface area contributed by atoms with Crippen molar-refractivity contribution in [1.29, 1.82) is 0 Å². The van der Waals surface area contributed by atoms with E-state index in [-0.39, 0.29) is 0 Å². The second-order valence-electron chi connectivity index (χ2n) is 6.07. The molecule has 1 aliphatic rings. The van der Waals surface area contributed by atoms with Crippen molar-refractivity contribution in [3.05, 3.63) is 72.2 Å². The van der Waals surface area contributed by atoms with Gasteiger partial charge in [-0.1, -0.05) is 35.5 Å². The molecule has 1 N–H and O–H groups in total. The molecule has 0 bridgehead atoms. The normalized spacial score (nSPS) is 18.6. The van der Waals surface area contributed by atoms with E-state index in [0.717, 1.165) is 43.2 Å². The lowest BCUT2D eigenvalue weighted by molar-refractivity contribution is 0.175. The maximum atomic E-state index is 5.52. The zero-order valence-electron chi connectivity index (χ0n) is 13.4. The van der Waals surface area contributed by atoms with Gasteiger partial charge in [-0.15, -0.1) is 0 Å². The monoisotopic (exact) mass is 320 g/mol. The molecule has 24 heavy (non-hydrogen) atoms. The van der Waals surface area contributed by atoms with E-state index in [1.807, 2.05) is 18.2 Å². The van der Waals surface area contributed by atoms with Gasteiger partial charge in [-0.25, -0.2) is 0 Å². The van der Waals surface area contributed by atoms with Gasteiger partial charge in [0.1, 0.15) is 5.69 Å². The molecule has 1 aromatic carbocycles. The van der Waals surface area contributed by atoms with E-state index in [0.29, 0.717) is 6.04 Å². The van der Waals surface area contributed by atoms with Crippen LogP contribution in [0.1, 0.15) is 17.4 Å². The molecular weight excluding hydrogens is 300 g/mol. The predicted molar refractivity (Wildman–Crippen MR) is 92.2 cm³/mol. The van der Waals surface area contributed by atoms with E-state index in [1.54, 1.807) is 12.4 Å². The average Bonchev–Trinajstić information content (AvgIpc) is 3.12. The van der Waals surface area contributed by atoms with Crippen LogP contribution in [0.15, 0.2) is 65.4 Å². The molecular formula is C19H20N4O. The Balaban J connectivity index is 1.43. The van der Waals surface area contributed by atoms with E-state index in [2.05, 4.69) is 50.7 Å². The van der Waals surface area contributed by atoms with Crippen LogP contribution in [0.3, 0.4) is 0 Å². The number of hydrogen-bond donors (Lipinski definition) is 1. The molecule has 5 heteroatoms. The maximum Gasteiger partial charge on any atom is 0.151 e. The summed E-state index contributed by atoms with van der Waals surface area (Å²) in [6, 6.07) is 16.9. The Labute approximate surface area is 141 Å². The summed E-state index contributed by atoms with van der Waals surface area (Å²) >= 11 is 0. The number of nitrogens with one attached hydrogen (secondary N) is 1. The van der Waals surface area contributed by atoms with Gasteiger partial charge in [-0.05, 0) is 17.7 Å². The van der Waals surface area contributed by atoms with Gasteiger partial charge in [0.2, 0.25) is 0 Å². The van der Waals surface area contributed by atoms with E-state index >= 15 is 0 Å². The van der Waals surface area contributed by atoms with Crippen molar-refractivity contribution in [1.82, 2.24) is 20.4 Å². The highest BCUT2D eigenvalue weighted by atomic mass is 16.5. The maximum absolute atomic E-state index is 5.52. The largest absolute Gasteiger partial charge is 0.359 e. The molecule has 0 aliphatic carbocycles. The second-order valence-corrected chi connectivity index (χ2v) is 6.07. The van der Waals surface area contributed by atoms with Crippen LogP contribution in [-0.4, -0.2) is 34.7 Å². The number of aromatic nitrogens is 2. The van der Waals surface area contributed by atoms with Gasteiger partial charge in [-0.3, -0.25) is 9.88 Å². The molecule has 0 spiro atoms. The number of pyridine rings is 1. The Morgan fingerprint density at radius 3 is 2.92 bits per heavy atom. The molecule has 1 aliphatic heterocycles. The highest BCUT2D eigenvalue weighted by Crippen LogP contribution is 2.21. The molecule has 2 aromatic heterocycles. The molecule has 0 amide bonds. The zero-order chi connectivity index (χ0) is 16.2. The average molecular weight is 320 g/mol. The van der Waals surface area contributed by atoms with Gasteiger partial charge < -0.3 is 9.84 Å². The summed E-state index contributed by atoms with van der Waals surface area (Å²) in [5, 5.41) is 7.76. The van der Waals surface area contributed by atoms with Crippen LogP contribution >= 0.6 is 0 Å². The first kappa shape index (κ1) is 15.1. The van der Waals surface area contributed by atoms with Crippen molar-refractivity contribution in [2.24, 2.45) is 0 Å². The molecule has 122 valence electrons. The summed E-state index contributed by atoms with van der Waals surface area (Å²) in [6.45, 7) is 3.72. The van der Waals surface area contributed by atoms with Gasteiger partial charge in [0.25, 0.3) is 0 Å². The second kappa shape index (κ2) is 6.95. The highest BCUT2D eigenvalue weighted by molar-refractivity contribution is 5.57. The van der Waals surface area contributed by atoms with Gasteiger partial charge >= 0.3 is 0 Å². The molecule has 0 saturated carbocycles. The molecule has 5 nitrogen and oxygen atoms in total. The van der Waals surface area contributed by atoms with Crippen molar-refractivity contribution < 1.29 is 4.52 Å². The lowest BCUT2D eigenvalue weighted by Gasteiger charge is -2.33. The fraction of sp³-hybridized carbons (Fsp3) is 0.263.